The minimum Gasteiger partial charge on any atom is -0.314 e. The molecule has 2 N–H and O–H groups in total. The van der Waals surface area contributed by atoms with Gasteiger partial charge in [-0.2, -0.15) is 17.4 Å². The van der Waals surface area contributed by atoms with Crippen molar-refractivity contribution in [3.05, 3.63) is 0 Å². The van der Waals surface area contributed by atoms with E-state index in [0.29, 0.717) is 25.0 Å². The number of hydrogen-bond acceptors (Lipinski definition) is 3. The van der Waals surface area contributed by atoms with Crippen LogP contribution in [-0.2, 0) is 10.2 Å². The van der Waals surface area contributed by atoms with E-state index in [1.165, 1.54) is 0 Å². The maximum atomic E-state index is 12.2. The summed E-state index contributed by atoms with van der Waals surface area (Å²) in [6.45, 7) is 12.1. The van der Waals surface area contributed by atoms with Crippen LogP contribution in [0.3, 0.4) is 0 Å². The second-order valence-electron chi connectivity index (χ2n) is 6.76. The molecule has 0 aromatic heterocycles. The lowest BCUT2D eigenvalue weighted by Crippen LogP contribution is -2.51. The van der Waals surface area contributed by atoms with E-state index in [1.54, 1.807) is 4.31 Å². The Morgan fingerprint density at radius 1 is 1.21 bits per heavy atom. The van der Waals surface area contributed by atoms with Crippen molar-refractivity contribution in [2.24, 2.45) is 5.92 Å². The van der Waals surface area contributed by atoms with Crippen molar-refractivity contribution in [1.29, 1.82) is 0 Å². The topological polar surface area (TPSA) is 61.4 Å². The first kappa shape index (κ1) is 16.9. The molecule has 0 bridgehead atoms. The van der Waals surface area contributed by atoms with Crippen molar-refractivity contribution in [2.45, 2.75) is 59.0 Å². The van der Waals surface area contributed by atoms with Gasteiger partial charge in [0.1, 0.15) is 0 Å². The minimum atomic E-state index is -3.33. The Morgan fingerprint density at radius 2 is 1.74 bits per heavy atom. The summed E-state index contributed by atoms with van der Waals surface area (Å²) >= 11 is 0. The molecule has 1 saturated heterocycles. The smallest absolute Gasteiger partial charge is 0.279 e. The molecule has 0 saturated carbocycles. The van der Waals surface area contributed by atoms with E-state index in [0.717, 1.165) is 19.4 Å². The van der Waals surface area contributed by atoms with E-state index < -0.39 is 15.7 Å². The standard InChI is InChI=1S/C13H29N3O2S/c1-11(2)14-10-12-6-8-16(9-7-12)19(17,18)15-13(3,4)5/h11-12,14-15H,6-10H2,1-5H3. The van der Waals surface area contributed by atoms with Gasteiger partial charge in [0.2, 0.25) is 0 Å². The van der Waals surface area contributed by atoms with Crippen LogP contribution < -0.4 is 10.0 Å². The molecule has 1 rings (SSSR count). The Morgan fingerprint density at radius 3 is 2.16 bits per heavy atom. The Labute approximate surface area is 118 Å². The average Bonchev–Trinajstić information content (AvgIpc) is 2.23. The average molecular weight is 291 g/mol. The van der Waals surface area contributed by atoms with Crippen LogP contribution in [0.1, 0.15) is 47.5 Å². The Kier molecular flexibility index (Phi) is 5.79. The molecular weight excluding hydrogens is 262 g/mol. The quantitative estimate of drug-likeness (QED) is 0.803. The van der Waals surface area contributed by atoms with Crippen LogP contribution in [0.5, 0.6) is 0 Å². The zero-order valence-corrected chi connectivity index (χ0v) is 13.7. The van der Waals surface area contributed by atoms with Crippen molar-refractivity contribution >= 4 is 10.2 Å². The number of hydrogen-bond donors (Lipinski definition) is 2. The number of nitrogens with zero attached hydrogens (tertiary/aromatic N) is 1. The summed E-state index contributed by atoms with van der Waals surface area (Å²) in [4.78, 5) is 0. The second kappa shape index (κ2) is 6.52. The Hall–Kier alpha value is -0.170. The van der Waals surface area contributed by atoms with Crippen LogP contribution in [0.2, 0.25) is 0 Å². The van der Waals surface area contributed by atoms with E-state index in [9.17, 15) is 8.42 Å². The van der Waals surface area contributed by atoms with E-state index in [4.69, 9.17) is 0 Å². The first-order chi connectivity index (χ1) is 8.60. The summed E-state index contributed by atoms with van der Waals surface area (Å²) in [5, 5.41) is 3.42. The van der Waals surface area contributed by atoms with E-state index in [1.807, 2.05) is 20.8 Å². The van der Waals surface area contributed by atoms with Gasteiger partial charge in [0, 0.05) is 24.7 Å². The summed E-state index contributed by atoms with van der Waals surface area (Å²) in [7, 11) is -3.33. The van der Waals surface area contributed by atoms with Gasteiger partial charge in [-0.3, -0.25) is 0 Å². The predicted molar refractivity (Wildman–Crippen MR) is 79.2 cm³/mol. The van der Waals surface area contributed by atoms with Crippen LogP contribution >= 0.6 is 0 Å². The lowest BCUT2D eigenvalue weighted by Gasteiger charge is -2.33. The largest absolute Gasteiger partial charge is 0.314 e. The van der Waals surface area contributed by atoms with Gasteiger partial charge >= 0.3 is 0 Å². The van der Waals surface area contributed by atoms with Crippen LogP contribution in [0.25, 0.3) is 0 Å². The Bertz CT molecular complexity index is 366. The predicted octanol–water partition coefficient (Wildman–Crippen LogP) is 1.33. The van der Waals surface area contributed by atoms with Gasteiger partial charge in [0.05, 0.1) is 0 Å². The highest BCUT2D eigenvalue weighted by Gasteiger charge is 2.30. The first-order valence-electron chi connectivity index (χ1n) is 7.12. The van der Waals surface area contributed by atoms with E-state index in [2.05, 4.69) is 23.9 Å². The summed E-state index contributed by atoms with van der Waals surface area (Å²) in [5.41, 5.74) is -0.422. The first-order valence-corrected chi connectivity index (χ1v) is 8.56. The number of rotatable bonds is 5. The molecule has 0 spiro atoms. The molecule has 19 heavy (non-hydrogen) atoms. The zero-order chi connectivity index (χ0) is 14.7. The molecule has 5 nitrogen and oxygen atoms in total. The Balaban J connectivity index is 2.45. The molecule has 0 amide bonds. The molecule has 0 aliphatic carbocycles. The van der Waals surface area contributed by atoms with Crippen molar-refractivity contribution in [1.82, 2.24) is 14.3 Å². The zero-order valence-electron chi connectivity index (χ0n) is 12.9. The molecule has 1 heterocycles. The van der Waals surface area contributed by atoms with Crippen LogP contribution in [0.15, 0.2) is 0 Å². The van der Waals surface area contributed by atoms with Gasteiger partial charge < -0.3 is 5.32 Å². The van der Waals surface area contributed by atoms with Gasteiger partial charge in [-0.15, -0.1) is 0 Å². The van der Waals surface area contributed by atoms with Gasteiger partial charge in [-0.1, -0.05) is 13.8 Å². The molecule has 0 aromatic rings. The van der Waals surface area contributed by atoms with Gasteiger partial charge in [-0.05, 0) is 46.1 Å². The third-order valence-corrected chi connectivity index (χ3v) is 5.08. The molecule has 0 unspecified atom stereocenters. The van der Waals surface area contributed by atoms with Crippen molar-refractivity contribution in [3.8, 4) is 0 Å². The molecule has 0 aromatic carbocycles. The molecule has 1 fully saturated rings. The maximum absolute atomic E-state index is 12.2. The summed E-state index contributed by atoms with van der Waals surface area (Å²) in [6, 6.07) is 0.490. The highest BCUT2D eigenvalue weighted by atomic mass is 32.2. The number of nitrogens with one attached hydrogen (secondary N) is 2. The molecular formula is C13H29N3O2S. The van der Waals surface area contributed by atoms with Crippen LogP contribution in [-0.4, -0.2) is 43.9 Å². The lowest BCUT2D eigenvalue weighted by molar-refractivity contribution is 0.258. The SMILES string of the molecule is CC(C)NCC1CCN(S(=O)(=O)NC(C)(C)C)CC1. The fourth-order valence-corrected chi connectivity index (χ4v) is 3.80. The third-order valence-electron chi connectivity index (χ3n) is 3.16. The number of piperidine rings is 1. The summed E-state index contributed by atoms with van der Waals surface area (Å²) in [5.74, 6) is 0.587. The van der Waals surface area contributed by atoms with Crippen LogP contribution in [0, 0.1) is 5.92 Å². The van der Waals surface area contributed by atoms with Gasteiger partial charge in [0.25, 0.3) is 10.2 Å². The van der Waals surface area contributed by atoms with Crippen LogP contribution in [0.4, 0.5) is 0 Å². The molecule has 0 atom stereocenters. The molecule has 6 heteroatoms. The maximum Gasteiger partial charge on any atom is 0.279 e. The molecule has 0 radical (unpaired) electrons. The monoisotopic (exact) mass is 291 g/mol. The van der Waals surface area contributed by atoms with Gasteiger partial charge in [0.15, 0.2) is 0 Å². The normalized spacial score (nSPS) is 20.1. The fraction of sp³-hybridized carbons (Fsp3) is 1.00. The lowest BCUT2D eigenvalue weighted by atomic mass is 9.98. The van der Waals surface area contributed by atoms with E-state index >= 15 is 0 Å². The van der Waals surface area contributed by atoms with E-state index in [-0.39, 0.29) is 0 Å². The van der Waals surface area contributed by atoms with Crippen molar-refractivity contribution < 1.29 is 8.42 Å². The van der Waals surface area contributed by atoms with Crippen molar-refractivity contribution in [2.75, 3.05) is 19.6 Å². The summed E-state index contributed by atoms with van der Waals surface area (Å²) < 4.78 is 28.6. The minimum absolute atomic E-state index is 0.422. The third kappa shape index (κ3) is 6.21. The second-order valence-corrected chi connectivity index (χ2v) is 8.43. The molecule has 1 aliphatic rings. The van der Waals surface area contributed by atoms with Crippen molar-refractivity contribution in [3.63, 3.8) is 0 Å². The highest BCUT2D eigenvalue weighted by molar-refractivity contribution is 7.87. The van der Waals surface area contributed by atoms with Gasteiger partial charge in [-0.25, -0.2) is 0 Å². The summed E-state index contributed by atoms with van der Waals surface area (Å²) in [6.07, 6.45) is 1.87. The molecule has 114 valence electrons. The molecule has 1 aliphatic heterocycles. The highest BCUT2D eigenvalue weighted by Crippen LogP contribution is 2.19. The fourth-order valence-electron chi connectivity index (χ4n) is 2.21.